The van der Waals surface area contributed by atoms with Gasteiger partial charge in [-0.15, -0.1) is 11.3 Å². The van der Waals surface area contributed by atoms with Crippen molar-refractivity contribution < 1.29 is 9.53 Å². The highest BCUT2D eigenvalue weighted by Gasteiger charge is 2.38. The summed E-state index contributed by atoms with van der Waals surface area (Å²) in [6.45, 7) is 4.22. The average Bonchev–Trinajstić information content (AvgIpc) is 3.58. The Morgan fingerprint density at radius 3 is 2.08 bits per heavy atom. The Hall–Kier alpha value is -3.89. The highest BCUT2D eigenvalue weighted by Crippen LogP contribution is 2.48. The fourth-order valence-electron chi connectivity index (χ4n) is 4.87. The lowest BCUT2D eigenvalue weighted by Crippen LogP contribution is -2.15. The number of amides is 1. The summed E-state index contributed by atoms with van der Waals surface area (Å²) in [5, 5.41) is 4.94. The number of carbonyl (C=O) groups excluding carboxylic acids is 1. The van der Waals surface area contributed by atoms with Gasteiger partial charge < -0.3 is 4.74 Å². The molecule has 0 unspecified atom stereocenters. The number of anilines is 1. The van der Waals surface area contributed by atoms with E-state index in [4.69, 9.17) is 4.74 Å². The van der Waals surface area contributed by atoms with E-state index in [0.29, 0.717) is 5.41 Å². The first-order valence-electron chi connectivity index (χ1n) is 12.8. The summed E-state index contributed by atoms with van der Waals surface area (Å²) in [7, 11) is 0. The minimum Gasteiger partial charge on any atom is -0.441 e. The van der Waals surface area contributed by atoms with E-state index in [2.05, 4.69) is 72.9 Å². The average molecular weight is 504 g/mol. The van der Waals surface area contributed by atoms with Gasteiger partial charge in [-0.2, -0.15) is 0 Å². The summed E-state index contributed by atoms with van der Waals surface area (Å²) >= 11 is 1.57. The van der Waals surface area contributed by atoms with Crippen molar-refractivity contribution in [1.82, 2.24) is 0 Å². The van der Waals surface area contributed by atoms with Crippen LogP contribution >= 0.6 is 11.3 Å². The smallest absolute Gasteiger partial charge is 0.412 e. The fourth-order valence-corrected chi connectivity index (χ4v) is 5.98. The molecule has 0 saturated heterocycles. The van der Waals surface area contributed by atoms with Gasteiger partial charge in [-0.25, -0.2) is 4.79 Å². The van der Waals surface area contributed by atoms with E-state index in [-0.39, 0.29) is 6.10 Å². The largest absolute Gasteiger partial charge is 0.441 e. The van der Waals surface area contributed by atoms with Crippen LogP contribution in [0.1, 0.15) is 43.9 Å². The zero-order chi connectivity index (χ0) is 25.4. The number of hydrogen-bond donors (Lipinski definition) is 1. The maximum Gasteiger partial charge on any atom is 0.412 e. The standard InChI is InChI=1S/C33H29NO2S/c1-22(23-8-4-3-5-9-23)36-32(35)34-31-30(28-10-6-7-11-29(28)37-31)26-14-12-24(13-15-26)25-16-18-27(19-17-25)33(2)20-21-33/h3-19,22H,20-21H2,1-2H3,(H,34,35)/t22-/m1/s1. The Morgan fingerprint density at radius 2 is 1.41 bits per heavy atom. The van der Waals surface area contributed by atoms with E-state index in [1.165, 1.54) is 29.5 Å². The van der Waals surface area contributed by atoms with Gasteiger partial charge >= 0.3 is 6.09 Å². The topological polar surface area (TPSA) is 38.3 Å². The molecule has 37 heavy (non-hydrogen) atoms. The lowest BCUT2D eigenvalue weighted by Gasteiger charge is -2.14. The van der Waals surface area contributed by atoms with Crippen LogP contribution in [0.2, 0.25) is 0 Å². The van der Waals surface area contributed by atoms with Crippen molar-refractivity contribution >= 4 is 32.5 Å². The summed E-state index contributed by atoms with van der Waals surface area (Å²) < 4.78 is 6.82. The van der Waals surface area contributed by atoms with Crippen molar-refractivity contribution in [3.63, 3.8) is 0 Å². The zero-order valence-electron chi connectivity index (χ0n) is 21.0. The number of hydrogen-bond acceptors (Lipinski definition) is 3. The second kappa shape index (κ2) is 9.53. The molecule has 0 radical (unpaired) electrons. The van der Waals surface area contributed by atoms with Crippen LogP contribution in [0.4, 0.5) is 9.80 Å². The second-order valence-electron chi connectivity index (χ2n) is 10.1. The lowest BCUT2D eigenvalue weighted by atomic mass is 9.94. The molecular weight excluding hydrogens is 474 g/mol. The van der Waals surface area contributed by atoms with Crippen molar-refractivity contribution in [1.29, 1.82) is 0 Å². The molecule has 1 heterocycles. The van der Waals surface area contributed by atoms with Gasteiger partial charge in [0.1, 0.15) is 11.1 Å². The molecule has 5 aromatic rings. The van der Waals surface area contributed by atoms with Crippen LogP contribution < -0.4 is 5.32 Å². The molecule has 1 aromatic heterocycles. The van der Waals surface area contributed by atoms with Crippen molar-refractivity contribution in [2.45, 2.75) is 38.2 Å². The normalized spacial score (nSPS) is 14.8. The van der Waals surface area contributed by atoms with Gasteiger partial charge in [0.15, 0.2) is 0 Å². The second-order valence-corrected chi connectivity index (χ2v) is 11.2. The Balaban J connectivity index is 1.27. The third-order valence-electron chi connectivity index (χ3n) is 7.45. The molecule has 1 atom stereocenters. The molecule has 1 N–H and O–H groups in total. The predicted octanol–water partition coefficient (Wildman–Crippen LogP) is 9.60. The molecule has 4 heteroatoms. The number of ether oxygens (including phenoxy) is 1. The highest BCUT2D eigenvalue weighted by atomic mass is 32.1. The molecular formula is C33H29NO2S. The van der Waals surface area contributed by atoms with Crippen LogP contribution in [-0.2, 0) is 10.2 Å². The summed E-state index contributed by atoms with van der Waals surface area (Å²) in [4.78, 5) is 12.9. The Morgan fingerprint density at radius 1 is 0.811 bits per heavy atom. The molecule has 0 aliphatic heterocycles. The molecule has 0 spiro atoms. The molecule has 3 nitrogen and oxygen atoms in total. The molecule has 1 fully saturated rings. The maximum absolute atomic E-state index is 12.9. The number of fused-ring (bicyclic) bond motifs is 1. The fraction of sp³-hybridized carbons (Fsp3) is 0.182. The van der Waals surface area contributed by atoms with Crippen molar-refractivity contribution in [2.75, 3.05) is 5.32 Å². The lowest BCUT2D eigenvalue weighted by molar-refractivity contribution is 0.121. The summed E-state index contributed by atoms with van der Waals surface area (Å²) in [5.74, 6) is 0. The summed E-state index contributed by atoms with van der Waals surface area (Å²) in [6.07, 6.45) is 1.77. The van der Waals surface area contributed by atoms with E-state index in [1.807, 2.05) is 49.4 Å². The van der Waals surface area contributed by atoms with Crippen LogP contribution in [0, 0.1) is 0 Å². The van der Waals surface area contributed by atoms with Crippen molar-refractivity contribution in [3.05, 3.63) is 114 Å². The Labute approximate surface area is 221 Å². The van der Waals surface area contributed by atoms with Crippen LogP contribution in [0.3, 0.4) is 0 Å². The maximum atomic E-state index is 12.9. The van der Waals surface area contributed by atoms with Crippen molar-refractivity contribution in [2.24, 2.45) is 0 Å². The van der Waals surface area contributed by atoms with E-state index >= 15 is 0 Å². The molecule has 1 saturated carbocycles. The highest BCUT2D eigenvalue weighted by molar-refractivity contribution is 7.23. The Kier molecular flexibility index (Phi) is 6.05. The summed E-state index contributed by atoms with van der Waals surface area (Å²) in [5.41, 5.74) is 7.26. The van der Waals surface area contributed by atoms with Crippen LogP contribution in [0.5, 0.6) is 0 Å². The van der Waals surface area contributed by atoms with Gasteiger partial charge in [0.2, 0.25) is 0 Å². The Bertz CT molecular complexity index is 1550. The molecule has 1 aliphatic carbocycles. The van der Waals surface area contributed by atoms with Crippen molar-refractivity contribution in [3.8, 4) is 22.3 Å². The molecule has 4 aromatic carbocycles. The van der Waals surface area contributed by atoms with Crippen LogP contribution in [-0.4, -0.2) is 6.09 Å². The molecule has 6 rings (SSSR count). The minimum atomic E-state index is -0.453. The predicted molar refractivity (Wildman–Crippen MR) is 154 cm³/mol. The van der Waals surface area contributed by atoms with Crippen LogP contribution in [0.25, 0.3) is 32.3 Å². The number of thiophene rings is 1. The first kappa shape index (κ1) is 23.5. The van der Waals surface area contributed by atoms with Gasteiger partial charge in [-0.1, -0.05) is 104 Å². The molecule has 0 bridgehead atoms. The zero-order valence-corrected chi connectivity index (χ0v) is 21.8. The molecule has 1 amide bonds. The van der Waals surface area contributed by atoms with Crippen LogP contribution in [0.15, 0.2) is 103 Å². The summed E-state index contributed by atoms with van der Waals surface area (Å²) in [6, 6.07) is 35.6. The van der Waals surface area contributed by atoms with Gasteiger partial charge in [0.05, 0.1) is 0 Å². The van der Waals surface area contributed by atoms with E-state index < -0.39 is 6.09 Å². The van der Waals surface area contributed by atoms with Gasteiger partial charge in [-0.3, -0.25) is 5.32 Å². The SMILES string of the molecule is C[C@@H](OC(=O)Nc1sc2ccccc2c1-c1ccc(-c2ccc(C3(C)CC3)cc2)cc1)c1ccccc1. The van der Waals surface area contributed by atoms with Gasteiger partial charge in [-0.05, 0) is 59.1 Å². The van der Waals surface area contributed by atoms with E-state index in [0.717, 1.165) is 31.8 Å². The number of carbonyl (C=O) groups is 1. The van der Waals surface area contributed by atoms with E-state index in [1.54, 1.807) is 11.3 Å². The minimum absolute atomic E-state index is 0.341. The third kappa shape index (κ3) is 4.77. The number of rotatable bonds is 6. The van der Waals surface area contributed by atoms with Gasteiger partial charge in [0, 0.05) is 15.6 Å². The monoisotopic (exact) mass is 503 g/mol. The quantitative estimate of drug-likeness (QED) is 0.250. The molecule has 1 aliphatic rings. The first-order chi connectivity index (χ1) is 18.0. The van der Waals surface area contributed by atoms with E-state index in [9.17, 15) is 4.79 Å². The first-order valence-corrected chi connectivity index (χ1v) is 13.6. The third-order valence-corrected chi connectivity index (χ3v) is 8.54. The van der Waals surface area contributed by atoms with Gasteiger partial charge in [0.25, 0.3) is 0 Å². The molecule has 184 valence electrons. The number of benzene rings is 4. The number of nitrogens with one attached hydrogen (secondary N) is 1.